The predicted octanol–water partition coefficient (Wildman–Crippen LogP) is 4.63. The van der Waals surface area contributed by atoms with Crippen LogP contribution in [0.3, 0.4) is 0 Å². The van der Waals surface area contributed by atoms with Gasteiger partial charge in [0, 0.05) is 12.2 Å². The SMILES string of the molecule is CCOc1ccccc1NC(=O)Nc1ccc(-c2ccc(S(=O)(=O)N3CCC[C@H]3C(=O)O)cc2)cc1. The fraction of sp³-hybridized carbons (Fsp3) is 0.231. The van der Waals surface area contributed by atoms with Crippen LogP contribution in [0.4, 0.5) is 16.2 Å². The number of benzene rings is 3. The molecule has 3 aromatic rings. The van der Waals surface area contributed by atoms with Gasteiger partial charge in [0.15, 0.2) is 0 Å². The minimum Gasteiger partial charge on any atom is -0.492 e. The van der Waals surface area contributed by atoms with E-state index in [4.69, 9.17) is 4.74 Å². The van der Waals surface area contributed by atoms with Crippen LogP contribution in [0, 0.1) is 0 Å². The molecule has 36 heavy (non-hydrogen) atoms. The highest BCUT2D eigenvalue weighted by molar-refractivity contribution is 7.89. The average molecular weight is 510 g/mol. The van der Waals surface area contributed by atoms with E-state index >= 15 is 0 Å². The van der Waals surface area contributed by atoms with E-state index in [2.05, 4.69) is 10.6 Å². The van der Waals surface area contributed by atoms with Crippen LogP contribution in [0.15, 0.2) is 77.7 Å². The molecule has 1 fully saturated rings. The summed E-state index contributed by atoms with van der Waals surface area (Å²) in [5.74, 6) is -0.548. The number of amides is 2. The molecular formula is C26H27N3O6S. The highest BCUT2D eigenvalue weighted by Gasteiger charge is 2.39. The van der Waals surface area contributed by atoms with Crippen LogP contribution in [0.2, 0.25) is 0 Å². The maximum absolute atomic E-state index is 12.9. The lowest BCUT2D eigenvalue weighted by Crippen LogP contribution is -2.40. The predicted molar refractivity (Wildman–Crippen MR) is 137 cm³/mol. The maximum Gasteiger partial charge on any atom is 0.323 e. The van der Waals surface area contributed by atoms with Gasteiger partial charge in [-0.3, -0.25) is 4.79 Å². The van der Waals surface area contributed by atoms with Crippen molar-refractivity contribution in [2.75, 3.05) is 23.8 Å². The number of hydrogen-bond acceptors (Lipinski definition) is 5. The number of anilines is 2. The average Bonchev–Trinajstić information content (AvgIpc) is 3.38. The summed E-state index contributed by atoms with van der Waals surface area (Å²) in [7, 11) is -3.90. The van der Waals surface area contributed by atoms with Crippen LogP contribution in [0.1, 0.15) is 19.8 Å². The van der Waals surface area contributed by atoms with E-state index in [1.54, 1.807) is 42.5 Å². The van der Waals surface area contributed by atoms with Gasteiger partial charge in [-0.2, -0.15) is 4.31 Å². The van der Waals surface area contributed by atoms with Gasteiger partial charge in [-0.25, -0.2) is 13.2 Å². The van der Waals surface area contributed by atoms with Gasteiger partial charge < -0.3 is 20.5 Å². The van der Waals surface area contributed by atoms with Crippen LogP contribution in [0.5, 0.6) is 5.75 Å². The van der Waals surface area contributed by atoms with E-state index in [-0.39, 0.29) is 11.4 Å². The third-order valence-electron chi connectivity index (χ3n) is 5.86. The first-order valence-electron chi connectivity index (χ1n) is 11.5. The molecule has 0 aliphatic carbocycles. The van der Waals surface area contributed by atoms with Crippen molar-refractivity contribution in [1.29, 1.82) is 0 Å². The van der Waals surface area contributed by atoms with Gasteiger partial charge in [-0.15, -0.1) is 0 Å². The molecule has 3 N–H and O–H groups in total. The third-order valence-corrected chi connectivity index (χ3v) is 7.78. The number of urea groups is 1. The van der Waals surface area contributed by atoms with E-state index in [9.17, 15) is 23.1 Å². The quantitative estimate of drug-likeness (QED) is 0.406. The summed E-state index contributed by atoms with van der Waals surface area (Å²) in [5, 5.41) is 14.9. The fourth-order valence-electron chi connectivity index (χ4n) is 4.11. The first-order valence-corrected chi connectivity index (χ1v) is 13.0. The first kappa shape index (κ1) is 25.2. The number of nitrogens with zero attached hydrogens (tertiary/aromatic N) is 1. The van der Waals surface area contributed by atoms with E-state index in [1.807, 2.05) is 25.1 Å². The van der Waals surface area contributed by atoms with E-state index in [0.29, 0.717) is 36.6 Å². The summed E-state index contributed by atoms with van der Waals surface area (Å²) in [5.41, 5.74) is 2.76. The van der Waals surface area contributed by atoms with Gasteiger partial charge in [-0.1, -0.05) is 36.4 Å². The van der Waals surface area contributed by atoms with Crippen molar-refractivity contribution in [3.63, 3.8) is 0 Å². The van der Waals surface area contributed by atoms with Gasteiger partial charge in [-0.05, 0) is 67.3 Å². The van der Waals surface area contributed by atoms with Crippen molar-refractivity contribution in [3.8, 4) is 16.9 Å². The van der Waals surface area contributed by atoms with Crippen molar-refractivity contribution in [2.24, 2.45) is 0 Å². The number of carboxylic acids is 1. The van der Waals surface area contributed by atoms with Crippen molar-refractivity contribution in [3.05, 3.63) is 72.8 Å². The topological polar surface area (TPSA) is 125 Å². The lowest BCUT2D eigenvalue weighted by Gasteiger charge is -2.21. The van der Waals surface area contributed by atoms with Crippen molar-refractivity contribution >= 4 is 33.4 Å². The van der Waals surface area contributed by atoms with Gasteiger partial charge in [0.05, 0.1) is 17.2 Å². The summed E-state index contributed by atoms with van der Waals surface area (Å²) < 4.78 is 32.5. The zero-order valence-corrected chi connectivity index (χ0v) is 20.5. The van der Waals surface area contributed by atoms with Gasteiger partial charge in [0.25, 0.3) is 0 Å². The number of carbonyl (C=O) groups excluding carboxylic acids is 1. The standard InChI is InChI=1S/C26H27N3O6S/c1-2-35-24-8-4-3-6-22(24)28-26(32)27-20-13-9-18(10-14-20)19-11-15-21(16-12-19)36(33,34)29-17-5-7-23(29)25(30)31/h3-4,6,8-16,23H,2,5,7,17H2,1H3,(H,30,31)(H2,27,28,32)/t23-/m0/s1. The molecule has 4 rings (SSSR count). The van der Waals surface area contributed by atoms with Crippen molar-refractivity contribution in [2.45, 2.75) is 30.7 Å². The summed E-state index contributed by atoms with van der Waals surface area (Å²) >= 11 is 0. The number of sulfonamides is 1. The van der Waals surface area contributed by atoms with Crippen LogP contribution in [-0.4, -0.2) is 49.0 Å². The molecule has 1 aliphatic heterocycles. The second-order valence-corrected chi connectivity index (χ2v) is 10.1. The number of para-hydroxylation sites is 2. The summed E-state index contributed by atoms with van der Waals surface area (Å²) in [6.45, 7) is 2.54. The number of carbonyl (C=O) groups is 2. The molecule has 188 valence electrons. The van der Waals surface area contributed by atoms with E-state index < -0.39 is 28.1 Å². The maximum atomic E-state index is 12.9. The van der Waals surface area contributed by atoms with Crippen molar-refractivity contribution < 1.29 is 27.9 Å². The summed E-state index contributed by atoms with van der Waals surface area (Å²) in [6.07, 6.45) is 0.829. The van der Waals surface area contributed by atoms with Crippen LogP contribution < -0.4 is 15.4 Å². The van der Waals surface area contributed by atoms with Crippen LogP contribution >= 0.6 is 0 Å². The third kappa shape index (κ3) is 5.50. The largest absolute Gasteiger partial charge is 0.492 e. The number of carboxylic acid groups (broad SMARTS) is 1. The molecule has 10 heteroatoms. The van der Waals surface area contributed by atoms with E-state index in [1.165, 1.54) is 12.1 Å². The fourth-order valence-corrected chi connectivity index (χ4v) is 5.76. The molecule has 1 atom stereocenters. The molecule has 0 bridgehead atoms. The van der Waals surface area contributed by atoms with Crippen molar-refractivity contribution in [1.82, 2.24) is 4.31 Å². The molecular weight excluding hydrogens is 482 g/mol. The molecule has 0 radical (unpaired) electrons. The van der Waals surface area contributed by atoms with Gasteiger partial charge >= 0.3 is 12.0 Å². The Bertz CT molecular complexity index is 1340. The second-order valence-electron chi connectivity index (χ2n) is 8.22. The smallest absolute Gasteiger partial charge is 0.323 e. The van der Waals surface area contributed by atoms with E-state index in [0.717, 1.165) is 15.4 Å². The minimum absolute atomic E-state index is 0.0571. The molecule has 1 saturated heterocycles. The second kappa shape index (κ2) is 10.8. The number of aliphatic carboxylic acids is 1. The molecule has 0 saturated carbocycles. The minimum atomic E-state index is -3.90. The Morgan fingerprint density at radius 2 is 1.61 bits per heavy atom. The Morgan fingerprint density at radius 3 is 2.25 bits per heavy atom. The Labute approximate surface area is 209 Å². The highest BCUT2D eigenvalue weighted by Crippen LogP contribution is 2.29. The number of ether oxygens (including phenoxy) is 1. The monoisotopic (exact) mass is 509 g/mol. The molecule has 9 nitrogen and oxygen atoms in total. The molecule has 0 unspecified atom stereocenters. The van der Waals surface area contributed by atoms with Crippen LogP contribution in [0.25, 0.3) is 11.1 Å². The number of hydrogen-bond donors (Lipinski definition) is 3. The molecule has 1 heterocycles. The molecule has 0 spiro atoms. The van der Waals surface area contributed by atoms with Gasteiger partial charge in [0.1, 0.15) is 11.8 Å². The summed E-state index contributed by atoms with van der Waals surface area (Å²) in [6, 6.07) is 19.2. The Balaban J connectivity index is 1.42. The Kier molecular flexibility index (Phi) is 7.56. The highest BCUT2D eigenvalue weighted by atomic mass is 32.2. The van der Waals surface area contributed by atoms with Gasteiger partial charge in [0.2, 0.25) is 10.0 Å². The number of nitrogens with one attached hydrogen (secondary N) is 2. The molecule has 3 aromatic carbocycles. The molecule has 2 amide bonds. The lowest BCUT2D eigenvalue weighted by molar-refractivity contribution is -0.140. The first-order chi connectivity index (χ1) is 17.3. The van der Waals surface area contributed by atoms with Crippen LogP contribution in [-0.2, 0) is 14.8 Å². The zero-order chi connectivity index (χ0) is 25.7. The summed E-state index contributed by atoms with van der Waals surface area (Å²) in [4.78, 5) is 23.9. The Hall–Kier alpha value is -3.89. The lowest BCUT2D eigenvalue weighted by atomic mass is 10.1. The molecule has 1 aliphatic rings. The zero-order valence-electron chi connectivity index (χ0n) is 19.7. The number of rotatable bonds is 8. The Morgan fingerprint density at radius 1 is 0.972 bits per heavy atom. The molecule has 0 aromatic heterocycles. The normalized spacial score (nSPS) is 15.9.